The molecule has 0 rings (SSSR count). The zero-order chi connectivity index (χ0) is 25.7. The predicted molar refractivity (Wildman–Crippen MR) is 164 cm³/mol. The van der Waals surface area contributed by atoms with Gasteiger partial charge in [-0.25, -0.2) is 0 Å². The van der Waals surface area contributed by atoms with Crippen LogP contribution in [-0.4, -0.2) is 16.2 Å². The molecule has 2 nitrogen and oxygen atoms in total. The maximum atomic E-state index is 11.5. The Morgan fingerprint density at radius 1 is 0.306 bits per heavy atom. The lowest BCUT2D eigenvalue weighted by atomic mass is 9.85. The SMILES string of the molecule is CCCCCCCCCCCCCC(O)(CCCCCCCCCC)CCCCCCCCCC.O. The van der Waals surface area contributed by atoms with E-state index in [1.807, 2.05) is 0 Å². The summed E-state index contributed by atoms with van der Waals surface area (Å²) in [5.41, 5.74) is -0.371. The van der Waals surface area contributed by atoms with Gasteiger partial charge in [0.25, 0.3) is 0 Å². The normalized spacial score (nSPS) is 11.7. The number of hydrogen-bond donors (Lipinski definition) is 1. The first-order chi connectivity index (χ1) is 17.2. The Morgan fingerprint density at radius 3 is 0.667 bits per heavy atom. The van der Waals surface area contributed by atoms with E-state index in [9.17, 15) is 5.11 Å². The van der Waals surface area contributed by atoms with Gasteiger partial charge in [0.2, 0.25) is 0 Å². The maximum absolute atomic E-state index is 11.5. The summed E-state index contributed by atoms with van der Waals surface area (Å²) >= 11 is 0. The van der Waals surface area contributed by atoms with Crippen LogP contribution in [-0.2, 0) is 0 Å². The predicted octanol–water partition coefficient (Wildman–Crippen LogP) is 11.7. The van der Waals surface area contributed by atoms with Gasteiger partial charge in [0, 0.05) is 0 Å². The van der Waals surface area contributed by atoms with Crippen LogP contribution < -0.4 is 0 Å². The molecule has 36 heavy (non-hydrogen) atoms. The Morgan fingerprint density at radius 2 is 0.472 bits per heavy atom. The molecule has 0 aliphatic carbocycles. The average Bonchev–Trinajstić information content (AvgIpc) is 2.86. The molecule has 0 bridgehead atoms. The van der Waals surface area contributed by atoms with E-state index in [1.165, 1.54) is 173 Å². The average molecular weight is 513 g/mol. The summed E-state index contributed by atoms with van der Waals surface area (Å²) in [4.78, 5) is 0. The first-order valence-electron chi connectivity index (χ1n) is 16.9. The van der Waals surface area contributed by atoms with E-state index in [0.717, 1.165) is 19.3 Å². The minimum Gasteiger partial charge on any atom is -0.412 e. The van der Waals surface area contributed by atoms with Gasteiger partial charge in [-0.05, 0) is 19.3 Å². The smallest absolute Gasteiger partial charge is 0.0647 e. The lowest BCUT2D eigenvalue weighted by Gasteiger charge is -2.29. The molecule has 220 valence electrons. The summed E-state index contributed by atoms with van der Waals surface area (Å²) in [6.07, 6.45) is 40.2. The van der Waals surface area contributed by atoms with Crippen molar-refractivity contribution in [3.8, 4) is 0 Å². The first kappa shape index (κ1) is 38.1. The lowest BCUT2D eigenvalue weighted by Crippen LogP contribution is -2.28. The van der Waals surface area contributed by atoms with Crippen molar-refractivity contribution >= 4 is 0 Å². The van der Waals surface area contributed by atoms with Gasteiger partial charge in [0.15, 0.2) is 0 Å². The largest absolute Gasteiger partial charge is 0.412 e. The van der Waals surface area contributed by atoms with Crippen molar-refractivity contribution < 1.29 is 10.6 Å². The van der Waals surface area contributed by atoms with Crippen molar-refractivity contribution in [1.29, 1.82) is 0 Å². The van der Waals surface area contributed by atoms with E-state index in [4.69, 9.17) is 0 Å². The molecule has 0 saturated carbocycles. The molecule has 3 N–H and O–H groups in total. The maximum Gasteiger partial charge on any atom is 0.0647 e. The van der Waals surface area contributed by atoms with Gasteiger partial charge >= 0.3 is 0 Å². The fourth-order valence-electron chi connectivity index (χ4n) is 5.67. The minimum absolute atomic E-state index is 0. The Kier molecular flexibility index (Phi) is 32.9. The molecule has 0 atom stereocenters. The summed E-state index contributed by atoms with van der Waals surface area (Å²) < 4.78 is 0. The summed E-state index contributed by atoms with van der Waals surface area (Å²) in [5.74, 6) is 0. The zero-order valence-electron chi connectivity index (χ0n) is 25.7. The van der Waals surface area contributed by atoms with Crippen molar-refractivity contribution in [3.05, 3.63) is 0 Å². The number of rotatable bonds is 30. The molecule has 0 saturated heterocycles. The topological polar surface area (TPSA) is 51.7 Å². The van der Waals surface area contributed by atoms with Gasteiger partial charge < -0.3 is 10.6 Å². The Balaban J connectivity index is 0. The Labute approximate surface area is 229 Å². The van der Waals surface area contributed by atoms with E-state index in [1.54, 1.807) is 0 Å². The summed E-state index contributed by atoms with van der Waals surface area (Å²) in [6, 6.07) is 0. The molecule has 0 spiro atoms. The molecule has 2 heteroatoms. The number of unbranched alkanes of at least 4 members (excludes halogenated alkanes) is 24. The standard InChI is InChI=1S/C34H70O.H2O/c1-4-7-10-13-16-19-20-21-24-27-30-33-34(35,31-28-25-22-17-14-11-8-5-2)32-29-26-23-18-15-12-9-6-3;/h35H,4-33H2,1-3H3;1H2. The van der Waals surface area contributed by atoms with Gasteiger partial charge in [-0.1, -0.05) is 194 Å². The van der Waals surface area contributed by atoms with Gasteiger partial charge in [-0.15, -0.1) is 0 Å². The molecule has 0 amide bonds. The summed E-state index contributed by atoms with van der Waals surface area (Å²) in [6.45, 7) is 6.89. The van der Waals surface area contributed by atoms with Gasteiger partial charge in [0.05, 0.1) is 5.60 Å². The van der Waals surface area contributed by atoms with Crippen molar-refractivity contribution in [2.45, 2.75) is 219 Å². The third-order valence-corrected chi connectivity index (χ3v) is 8.24. The van der Waals surface area contributed by atoms with Crippen LogP contribution in [0.2, 0.25) is 0 Å². The summed E-state index contributed by atoms with van der Waals surface area (Å²) in [7, 11) is 0. The third-order valence-electron chi connectivity index (χ3n) is 8.24. The fourth-order valence-corrected chi connectivity index (χ4v) is 5.67. The highest BCUT2D eigenvalue weighted by atomic mass is 16.3. The second kappa shape index (κ2) is 31.1. The third kappa shape index (κ3) is 28.5. The van der Waals surface area contributed by atoms with Crippen LogP contribution in [0.4, 0.5) is 0 Å². The minimum atomic E-state index is -0.371. The van der Waals surface area contributed by atoms with Crippen LogP contribution in [0.5, 0.6) is 0 Å². The Bertz CT molecular complexity index is 361. The van der Waals surface area contributed by atoms with Crippen LogP contribution in [0.3, 0.4) is 0 Å². The van der Waals surface area contributed by atoms with Crippen molar-refractivity contribution in [3.63, 3.8) is 0 Å². The molecule has 0 aromatic rings. The number of hydrogen-bond acceptors (Lipinski definition) is 1. The molecule has 0 radical (unpaired) electrons. The highest BCUT2D eigenvalue weighted by molar-refractivity contribution is 4.78. The molecular weight excluding hydrogens is 440 g/mol. The molecule has 0 heterocycles. The molecule has 0 fully saturated rings. The second-order valence-electron chi connectivity index (χ2n) is 12.0. The van der Waals surface area contributed by atoms with E-state index in [-0.39, 0.29) is 11.1 Å². The molecule has 0 aliphatic heterocycles. The number of aliphatic hydroxyl groups is 1. The molecule has 0 aromatic carbocycles. The van der Waals surface area contributed by atoms with E-state index in [0.29, 0.717) is 0 Å². The van der Waals surface area contributed by atoms with Crippen molar-refractivity contribution in [2.75, 3.05) is 0 Å². The van der Waals surface area contributed by atoms with Crippen LogP contribution in [0.1, 0.15) is 213 Å². The highest BCUT2D eigenvalue weighted by Crippen LogP contribution is 2.29. The van der Waals surface area contributed by atoms with Crippen molar-refractivity contribution in [2.24, 2.45) is 0 Å². The monoisotopic (exact) mass is 513 g/mol. The molecule has 0 unspecified atom stereocenters. The van der Waals surface area contributed by atoms with Crippen LogP contribution in [0.15, 0.2) is 0 Å². The van der Waals surface area contributed by atoms with E-state index >= 15 is 0 Å². The second-order valence-corrected chi connectivity index (χ2v) is 12.0. The quantitative estimate of drug-likeness (QED) is 0.0955. The van der Waals surface area contributed by atoms with Gasteiger partial charge in [-0.3, -0.25) is 0 Å². The first-order valence-corrected chi connectivity index (χ1v) is 16.9. The van der Waals surface area contributed by atoms with Crippen LogP contribution in [0, 0.1) is 0 Å². The molecular formula is C34H72O2. The fraction of sp³-hybridized carbons (Fsp3) is 1.00. The van der Waals surface area contributed by atoms with Crippen molar-refractivity contribution in [1.82, 2.24) is 0 Å². The zero-order valence-corrected chi connectivity index (χ0v) is 25.7. The van der Waals surface area contributed by atoms with Crippen LogP contribution >= 0.6 is 0 Å². The highest BCUT2D eigenvalue weighted by Gasteiger charge is 2.25. The molecule has 0 aromatic heterocycles. The van der Waals surface area contributed by atoms with Crippen LogP contribution in [0.25, 0.3) is 0 Å². The van der Waals surface area contributed by atoms with Gasteiger partial charge in [-0.2, -0.15) is 0 Å². The summed E-state index contributed by atoms with van der Waals surface area (Å²) in [5, 5.41) is 11.5. The molecule has 0 aliphatic rings. The lowest BCUT2D eigenvalue weighted by molar-refractivity contribution is 0.00704. The van der Waals surface area contributed by atoms with Gasteiger partial charge in [0.1, 0.15) is 0 Å². The Hall–Kier alpha value is -0.0800. The van der Waals surface area contributed by atoms with E-state index < -0.39 is 0 Å². The van der Waals surface area contributed by atoms with E-state index in [2.05, 4.69) is 20.8 Å².